The number of hydrogen-bond donors (Lipinski definition) is 0. The molecule has 0 aliphatic heterocycles. The third-order valence-corrected chi connectivity index (χ3v) is 5.63. The molecular formula is C20H19ClN2O3S. The standard InChI is InChI=1S/C20H19ClN2O3S/c1-5-10-23-18-12(2)15(21)8-9-17(18)27-20(23)22-19(24)14-7-6-13(25-3)11-16(14)26-4/h5-9,11H,1,10H2,2-4H3. The van der Waals surface area contributed by atoms with Crippen LogP contribution < -0.4 is 14.3 Å². The summed E-state index contributed by atoms with van der Waals surface area (Å²) in [6.07, 6.45) is 1.77. The van der Waals surface area contributed by atoms with Crippen LogP contribution in [0.3, 0.4) is 0 Å². The number of halogens is 1. The lowest BCUT2D eigenvalue weighted by molar-refractivity contribution is 0.0995. The number of ether oxygens (including phenoxy) is 2. The Morgan fingerprint density at radius 1 is 1.30 bits per heavy atom. The maximum absolute atomic E-state index is 12.8. The molecule has 0 N–H and O–H groups in total. The molecule has 0 aliphatic rings. The van der Waals surface area contributed by atoms with Crippen LogP contribution in [0.2, 0.25) is 5.02 Å². The Morgan fingerprint density at radius 3 is 2.74 bits per heavy atom. The highest BCUT2D eigenvalue weighted by atomic mass is 35.5. The van der Waals surface area contributed by atoms with Gasteiger partial charge >= 0.3 is 0 Å². The van der Waals surface area contributed by atoms with Crippen LogP contribution in [-0.4, -0.2) is 24.7 Å². The first-order valence-electron chi connectivity index (χ1n) is 8.20. The van der Waals surface area contributed by atoms with Gasteiger partial charge in [-0.15, -0.1) is 6.58 Å². The van der Waals surface area contributed by atoms with Crippen molar-refractivity contribution in [2.75, 3.05) is 14.2 Å². The van der Waals surface area contributed by atoms with E-state index in [4.69, 9.17) is 21.1 Å². The van der Waals surface area contributed by atoms with Gasteiger partial charge in [-0.3, -0.25) is 4.79 Å². The molecule has 0 bridgehead atoms. The lowest BCUT2D eigenvalue weighted by atomic mass is 10.2. The molecule has 1 aromatic heterocycles. The van der Waals surface area contributed by atoms with Gasteiger partial charge in [0.2, 0.25) is 0 Å². The normalized spacial score (nSPS) is 11.6. The Kier molecular flexibility index (Phi) is 5.68. The monoisotopic (exact) mass is 402 g/mol. The highest BCUT2D eigenvalue weighted by molar-refractivity contribution is 7.16. The largest absolute Gasteiger partial charge is 0.497 e. The average molecular weight is 403 g/mol. The van der Waals surface area contributed by atoms with Crippen LogP contribution >= 0.6 is 22.9 Å². The second kappa shape index (κ2) is 7.98. The zero-order chi connectivity index (χ0) is 19.6. The number of amides is 1. The van der Waals surface area contributed by atoms with Crippen molar-refractivity contribution in [3.63, 3.8) is 0 Å². The molecule has 0 radical (unpaired) electrons. The van der Waals surface area contributed by atoms with Crippen LogP contribution in [0.4, 0.5) is 0 Å². The number of carbonyl (C=O) groups excluding carboxylic acids is 1. The highest BCUT2D eigenvalue weighted by Gasteiger charge is 2.15. The molecule has 0 aliphatic carbocycles. The number of thiazole rings is 1. The first kappa shape index (κ1) is 19.2. The second-order valence-electron chi connectivity index (χ2n) is 5.79. The molecule has 1 heterocycles. The van der Waals surface area contributed by atoms with Gasteiger partial charge in [-0.2, -0.15) is 4.99 Å². The van der Waals surface area contributed by atoms with Gasteiger partial charge in [-0.05, 0) is 36.8 Å². The van der Waals surface area contributed by atoms with Crippen molar-refractivity contribution in [3.8, 4) is 11.5 Å². The predicted octanol–water partition coefficient (Wildman–Crippen LogP) is 4.61. The third-order valence-electron chi connectivity index (χ3n) is 4.18. The summed E-state index contributed by atoms with van der Waals surface area (Å²) >= 11 is 7.71. The number of aryl methyl sites for hydroxylation is 1. The fourth-order valence-electron chi connectivity index (χ4n) is 2.82. The van der Waals surface area contributed by atoms with Gasteiger partial charge in [0.05, 0.1) is 30.0 Å². The molecule has 0 saturated heterocycles. The molecule has 27 heavy (non-hydrogen) atoms. The number of fused-ring (bicyclic) bond motifs is 1. The number of carbonyl (C=O) groups is 1. The summed E-state index contributed by atoms with van der Waals surface area (Å²) < 4.78 is 13.5. The fraction of sp³-hybridized carbons (Fsp3) is 0.200. The molecular weight excluding hydrogens is 384 g/mol. The Balaban J connectivity index is 2.18. The van der Waals surface area contributed by atoms with Crippen molar-refractivity contribution in [3.05, 3.63) is 63.9 Å². The van der Waals surface area contributed by atoms with Crippen molar-refractivity contribution in [1.29, 1.82) is 0 Å². The van der Waals surface area contributed by atoms with Crippen LogP contribution in [0.15, 0.2) is 48.0 Å². The van der Waals surface area contributed by atoms with Gasteiger partial charge < -0.3 is 14.0 Å². The second-order valence-corrected chi connectivity index (χ2v) is 7.20. The quantitative estimate of drug-likeness (QED) is 0.585. The minimum absolute atomic E-state index is 0.371. The molecule has 0 saturated carbocycles. The van der Waals surface area contributed by atoms with E-state index >= 15 is 0 Å². The molecule has 140 valence electrons. The molecule has 0 unspecified atom stereocenters. The van der Waals surface area contributed by atoms with Crippen LogP contribution in [-0.2, 0) is 6.54 Å². The summed E-state index contributed by atoms with van der Waals surface area (Å²) in [6.45, 7) is 6.28. The topological polar surface area (TPSA) is 52.8 Å². The van der Waals surface area contributed by atoms with E-state index in [1.807, 2.05) is 23.6 Å². The van der Waals surface area contributed by atoms with E-state index in [2.05, 4.69) is 11.6 Å². The highest BCUT2D eigenvalue weighted by Crippen LogP contribution is 2.28. The summed E-state index contributed by atoms with van der Waals surface area (Å²) in [5, 5.41) is 0.674. The van der Waals surface area contributed by atoms with Crippen molar-refractivity contribution in [2.24, 2.45) is 4.99 Å². The average Bonchev–Trinajstić information content (AvgIpc) is 3.02. The lowest BCUT2D eigenvalue weighted by Crippen LogP contribution is -2.17. The van der Waals surface area contributed by atoms with Crippen molar-refractivity contribution < 1.29 is 14.3 Å². The summed E-state index contributed by atoms with van der Waals surface area (Å²) in [7, 11) is 3.07. The first-order chi connectivity index (χ1) is 13.0. The number of rotatable bonds is 5. The number of benzene rings is 2. The van der Waals surface area contributed by atoms with Gasteiger partial charge in [0.1, 0.15) is 11.5 Å². The van der Waals surface area contributed by atoms with E-state index in [0.717, 1.165) is 15.8 Å². The van der Waals surface area contributed by atoms with E-state index in [-0.39, 0.29) is 5.91 Å². The van der Waals surface area contributed by atoms with E-state index < -0.39 is 0 Å². The van der Waals surface area contributed by atoms with Crippen molar-refractivity contribution in [2.45, 2.75) is 13.5 Å². The lowest BCUT2D eigenvalue weighted by Gasteiger charge is -2.08. The number of nitrogens with zero attached hydrogens (tertiary/aromatic N) is 2. The Labute approximate surface area is 166 Å². The SMILES string of the molecule is C=CCn1c(=NC(=O)c2ccc(OC)cc2OC)sc2ccc(Cl)c(C)c21. The van der Waals surface area contributed by atoms with Crippen LogP contribution in [0.25, 0.3) is 10.2 Å². The zero-order valence-corrected chi connectivity index (χ0v) is 16.9. The predicted molar refractivity (Wildman–Crippen MR) is 109 cm³/mol. The Hall–Kier alpha value is -2.57. The number of allylic oxidation sites excluding steroid dienone is 1. The molecule has 0 atom stereocenters. The summed E-state index contributed by atoms with van der Waals surface area (Å²) in [4.78, 5) is 17.8. The van der Waals surface area contributed by atoms with Gasteiger partial charge in [-0.1, -0.05) is 29.0 Å². The minimum Gasteiger partial charge on any atom is -0.497 e. The van der Waals surface area contributed by atoms with Crippen LogP contribution in [0.1, 0.15) is 15.9 Å². The first-order valence-corrected chi connectivity index (χ1v) is 9.40. The molecule has 1 amide bonds. The molecule has 2 aromatic carbocycles. The maximum Gasteiger partial charge on any atom is 0.283 e. The third kappa shape index (κ3) is 3.63. The van der Waals surface area contributed by atoms with Crippen molar-refractivity contribution >= 4 is 39.1 Å². The number of aromatic nitrogens is 1. The zero-order valence-electron chi connectivity index (χ0n) is 15.3. The van der Waals surface area contributed by atoms with E-state index in [9.17, 15) is 4.79 Å². The smallest absolute Gasteiger partial charge is 0.283 e. The molecule has 0 spiro atoms. The Morgan fingerprint density at radius 2 is 2.07 bits per heavy atom. The minimum atomic E-state index is -0.386. The fourth-order valence-corrected chi connectivity index (χ4v) is 4.07. The summed E-state index contributed by atoms with van der Waals surface area (Å²) in [6, 6.07) is 8.81. The molecule has 5 nitrogen and oxygen atoms in total. The molecule has 7 heteroatoms. The van der Waals surface area contributed by atoms with Crippen LogP contribution in [0.5, 0.6) is 11.5 Å². The number of methoxy groups -OCH3 is 2. The van der Waals surface area contributed by atoms with E-state index in [1.54, 1.807) is 31.4 Å². The van der Waals surface area contributed by atoms with E-state index in [1.165, 1.54) is 18.4 Å². The van der Waals surface area contributed by atoms with Crippen LogP contribution in [0, 0.1) is 6.92 Å². The molecule has 0 fully saturated rings. The van der Waals surface area contributed by atoms with Gasteiger partial charge in [0.25, 0.3) is 5.91 Å². The maximum atomic E-state index is 12.8. The summed E-state index contributed by atoms with van der Waals surface area (Å²) in [5.74, 6) is 0.638. The van der Waals surface area contributed by atoms with Crippen molar-refractivity contribution in [1.82, 2.24) is 4.57 Å². The van der Waals surface area contributed by atoms with Gasteiger partial charge in [-0.25, -0.2) is 0 Å². The molecule has 3 aromatic rings. The summed E-state index contributed by atoms with van der Waals surface area (Å²) in [5.41, 5.74) is 2.28. The Bertz CT molecular complexity index is 1100. The molecule has 3 rings (SSSR count). The van der Waals surface area contributed by atoms with Gasteiger partial charge in [0, 0.05) is 17.6 Å². The van der Waals surface area contributed by atoms with Gasteiger partial charge in [0.15, 0.2) is 4.80 Å². The van der Waals surface area contributed by atoms with E-state index in [0.29, 0.717) is 33.4 Å². The number of hydrogen-bond acceptors (Lipinski definition) is 4.